The summed E-state index contributed by atoms with van der Waals surface area (Å²) in [4.78, 5) is 0. The Bertz CT molecular complexity index is 440. The maximum Gasteiger partial charge on any atom is 0.187 e. The zero-order valence-corrected chi connectivity index (χ0v) is 19.7. The van der Waals surface area contributed by atoms with Crippen LogP contribution < -0.4 is 0 Å². The first-order valence-electron chi connectivity index (χ1n) is 9.93. The lowest BCUT2D eigenvalue weighted by atomic mass is 9.97. The van der Waals surface area contributed by atoms with Gasteiger partial charge in [-0.3, -0.25) is 0 Å². The Morgan fingerprint density at radius 2 is 1.33 bits per heavy atom. The monoisotopic (exact) mass is 440 g/mol. The molecule has 0 spiro atoms. The van der Waals surface area contributed by atoms with E-state index in [0.717, 1.165) is 0 Å². The largest absolute Gasteiger partial charge is 0.382 e. The molecule has 1 fully saturated rings. The smallest absolute Gasteiger partial charge is 0.187 e. The van der Waals surface area contributed by atoms with Crippen molar-refractivity contribution in [3.8, 4) is 0 Å². The van der Waals surface area contributed by atoms with Crippen LogP contribution in [0.4, 0.5) is 0 Å². The van der Waals surface area contributed by atoms with Crippen LogP contribution in [0.25, 0.3) is 0 Å². The van der Waals surface area contributed by atoms with Crippen molar-refractivity contribution in [3.05, 3.63) is 0 Å². The van der Waals surface area contributed by atoms with Crippen molar-refractivity contribution in [1.82, 2.24) is 0 Å². The third kappa shape index (κ3) is 6.80. The van der Waals surface area contributed by atoms with E-state index < -0.39 is 42.9 Å². The van der Waals surface area contributed by atoms with Crippen molar-refractivity contribution in [1.29, 1.82) is 0 Å². The van der Waals surface area contributed by atoms with Gasteiger partial charge in [-0.25, -0.2) is 0 Å². The second kappa shape index (κ2) is 14.6. The van der Waals surface area contributed by atoms with Crippen LogP contribution >= 0.6 is 0 Å². The summed E-state index contributed by atoms with van der Waals surface area (Å²) in [5.41, 5.74) is 0. The molecule has 0 bridgehead atoms. The van der Waals surface area contributed by atoms with Crippen molar-refractivity contribution in [2.75, 3.05) is 70.1 Å². The van der Waals surface area contributed by atoms with Crippen LogP contribution in [0, 0.1) is 0 Å². The predicted octanol–water partition coefficient (Wildman–Crippen LogP) is 0.499. The normalized spacial score (nSPS) is 31.3. The van der Waals surface area contributed by atoms with Crippen LogP contribution in [-0.2, 0) is 47.4 Å². The minimum absolute atomic E-state index is 0.303. The fourth-order valence-corrected chi connectivity index (χ4v) is 3.79. The Morgan fingerprint density at radius 1 is 0.700 bits per heavy atom. The molecule has 0 N–H and O–H groups in total. The fourth-order valence-electron chi connectivity index (χ4n) is 3.79. The molecular formula is C20H40O10. The SMILES string of the molecule is COC[C@@H](OC)[C@H](OC)[C@H](O[C@@H]1O[C@H](COC)[C@@H](OC)[C@H](OC)[C@H]1OC)[C@H](C)OC. The molecule has 0 aromatic rings. The van der Waals surface area contributed by atoms with Gasteiger partial charge in [-0.05, 0) is 6.92 Å². The van der Waals surface area contributed by atoms with Crippen molar-refractivity contribution in [2.45, 2.75) is 62.0 Å². The second-order valence-corrected chi connectivity index (χ2v) is 7.07. The van der Waals surface area contributed by atoms with Crippen LogP contribution in [-0.4, -0.2) is 125 Å². The summed E-state index contributed by atoms with van der Waals surface area (Å²) in [5, 5.41) is 0. The molecule has 0 saturated carbocycles. The first kappa shape index (κ1) is 27.6. The maximum absolute atomic E-state index is 6.41. The maximum atomic E-state index is 6.41. The lowest BCUT2D eigenvalue weighted by Crippen LogP contribution is -2.63. The molecule has 1 heterocycles. The summed E-state index contributed by atoms with van der Waals surface area (Å²) in [7, 11) is 12.8. The number of methoxy groups -OCH3 is 8. The summed E-state index contributed by atoms with van der Waals surface area (Å²) >= 11 is 0. The highest BCUT2D eigenvalue weighted by molar-refractivity contribution is 4.94. The molecule has 1 saturated heterocycles. The van der Waals surface area contributed by atoms with Gasteiger partial charge in [0.2, 0.25) is 0 Å². The van der Waals surface area contributed by atoms with E-state index in [1.807, 2.05) is 6.92 Å². The molecule has 0 radical (unpaired) electrons. The third-order valence-electron chi connectivity index (χ3n) is 5.46. The van der Waals surface area contributed by atoms with E-state index in [9.17, 15) is 0 Å². The molecule has 10 nitrogen and oxygen atoms in total. The van der Waals surface area contributed by atoms with E-state index >= 15 is 0 Å². The van der Waals surface area contributed by atoms with Crippen LogP contribution in [0.15, 0.2) is 0 Å². The van der Waals surface area contributed by atoms with Gasteiger partial charge >= 0.3 is 0 Å². The van der Waals surface area contributed by atoms with Crippen LogP contribution in [0.2, 0.25) is 0 Å². The molecule has 10 heteroatoms. The first-order chi connectivity index (χ1) is 14.5. The summed E-state index contributed by atoms with van der Waals surface area (Å²) in [6, 6.07) is 0. The molecule has 30 heavy (non-hydrogen) atoms. The summed E-state index contributed by atoms with van der Waals surface area (Å²) in [6.07, 6.45) is -4.35. The highest BCUT2D eigenvalue weighted by Crippen LogP contribution is 2.30. The van der Waals surface area contributed by atoms with E-state index in [-0.39, 0.29) is 12.2 Å². The van der Waals surface area contributed by atoms with E-state index in [1.165, 1.54) is 0 Å². The standard InChI is InChI=1S/C20H40O10/c1-12(23-4)15(16(25-6)13(24-5)10-21-2)30-20-19(28-9)18(27-8)17(26-7)14(29-20)11-22-3/h12-20H,10-11H2,1-9H3/t12-,13+,14+,15+,16-,17+,18-,19+,20-/m0/s1. The first-order valence-corrected chi connectivity index (χ1v) is 9.93. The zero-order valence-electron chi connectivity index (χ0n) is 19.7. The number of ether oxygens (including phenoxy) is 10. The van der Waals surface area contributed by atoms with Gasteiger partial charge < -0.3 is 47.4 Å². The Kier molecular flexibility index (Phi) is 13.5. The number of hydrogen-bond donors (Lipinski definition) is 0. The Labute approximate surface area is 180 Å². The Hall–Kier alpha value is -0.400. The Balaban J connectivity index is 3.20. The van der Waals surface area contributed by atoms with Gasteiger partial charge in [0.05, 0.1) is 19.3 Å². The summed E-state index contributed by atoms with van der Waals surface area (Å²) in [5.74, 6) is 0. The van der Waals surface area contributed by atoms with Gasteiger partial charge in [0.1, 0.15) is 42.7 Å². The zero-order chi connectivity index (χ0) is 22.7. The summed E-state index contributed by atoms with van der Waals surface area (Å²) in [6.45, 7) is 2.51. The lowest BCUT2D eigenvalue weighted by Gasteiger charge is -2.46. The van der Waals surface area contributed by atoms with Crippen LogP contribution in [0.1, 0.15) is 6.92 Å². The molecule has 1 aliphatic rings. The van der Waals surface area contributed by atoms with Gasteiger partial charge in [0.15, 0.2) is 6.29 Å². The van der Waals surface area contributed by atoms with Crippen molar-refractivity contribution < 1.29 is 47.4 Å². The van der Waals surface area contributed by atoms with Crippen LogP contribution in [0.5, 0.6) is 0 Å². The van der Waals surface area contributed by atoms with Gasteiger partial charge in [-0.1, -0.05) is 0 Å². The lowest BCUT2D eigenvalue weighted by molar-refractivity contribution is -0.336. The van der Waals surface area contributed by atoms with E-state index in [1.54, 1.807) is 56.9 Å². The van der Waals surface area contributed by atoms with Gasteiger partial charge in [-0.2, -0.15) is 0 Å². The van der Waals surface area contributed by atoms with Gasteiger partial charge in [-0.15, -0.1) is 0 Å². The molecule has 1 aliphatic heterocycles. The Morgan fingerprint density at radius 3 is 1.77 bits per heavy atom. The van der Waals surface area contributed by atoms with E-state index in [2.05, 4.69) is 0 Å². The quantitative estimate of drug-likeness (QED) is 0.358. The van der Waals surface area contributed by atoms with E-state index in [4.69, 9.17) is 47.4 Å². The topological polar surface area (TPSA) is 92.3 Å². The highest BCUT2D eigenvalue weighted by Gasteiger charge is 2.49. The third-order valence-corrected chi connectivity index (χ3v) is 5.46. The molecule has 9 atom stereocenters. The van der Waals surface area contributed by atoms with Gasteiger partial charge in [0, 0.05) is 56.9 Å². The summed E-state index contributed by atoms with van der Waals surface area (Å²) < 4.78 is 57.1. The molecular weight excluding hydrogens is 400 g/mol. The van der Waals surface area contributed by atoms with Crippen LogP contribution in [0.3, 0.4) is 0 Å². The van der Waals surface area contributed by atoms with Gasteiger partial charge in [0.25, 0.3) is 0 Å². The highest BCUT2D eigenvalue weighted by atomic mass is 16.7. The average molecular weight is 441 g/mol. The number of rotatable bonds is 15. The molecule has 0 unspecified atom stereocenters. The molecule has 0 amide bonds. The van der Waals surface area contributed by atoms with Crippen molar-refractivity contribution >= 4 is 0 Å². The molecule has 0 aliphatic carbocycles. The average Bonchev–Trinajstić information content (AvgIpc) is 2.76. The van der Waals surface area contributed by atoms with E-state index in [0.29, 0.717) is 13.2 Å². The molecule has 0 aromatic heterocycles. The molecule has 1 rings (SSSR count). The minimum atomic E-state index is -0.785. The molecule has 180 valence electrons. The second-order valence-electron chi connectivity index (χ2n) is 7.07. The molecule has 0 aromatic carbocycles. The fraction of sp³-hybridized carbons (Fsp3) is 1.00. The minimum Gasteiger partial charge on any atom is -0.382 e. The predicted molar refractivity (Wildman–Crippen MR) is 108 cm³/mol. The number of hydrogen-bond acceptors (Lipinski definition) is 10. The van der Waals surface area contributed by atoms with Crippen molar-refractivity contribution in [3.63, 3.8) is 0 Å². The van der Waals surface area contributed by atoms with Crippen molar-refractivity contribution in [2.24, 2.45) is 0 Å².